The second kappa shape index (κ2) is 12.4. The number of hydrogen-bond acceptors (Lipinski definition) is 6. The number of ether oxygens (including phenoxy) is 1. The van der Waals surface area contributed by atoms with Gasteiger partial charge in [-0.05, 0) is 57.4 Å². The number of aliphatic carboxylic acids is 1. The largest absolute Gasteiger partial charge is 0.490 e. The van der Waals surface area contributed by atoms with E-state index in [-0.39, 0.29) is 17.9 Å². The Hall–Kier alpha value is -4.14. The number of anilines is 1. The second-order valence-electron chi connectivity index (χ2n) is 9.70. The Morgan fingerprint density at radius 3 is 2.42 bits per heavy atom. The van der Waals surface area contributed by atoms with Crippen LogP contribution in [-0.4, -0.2) is 39.8 Å². The number of nitrogens with one attached hydrogen (secondary N) is 2. The summed E-state index contributed by atoms with van der Waals surface area (Å²) < 4.78 is 37.2. The molecule has 38 heavy (non-hydrogen) atoms. The number of carboxylic acids is 1. The molecule has 1 aromatic heterocycles. The lowest BCUT2D eigenvalue weighted by atomic mass is 9.94. The number of pyridine rings is 1. The summed E-state index contributed by atoms with van der Waals surface area (Å²) >= 11 is 0. The minimum atomic E-state index is -5.08. The third-order valence-electron chi connectivity index (χ3n) is 5.39. The lowest BCUT2D eigenvalue weighted by Crippen LogP contribution is -2.35. The lowest BCUT2D eigenvalue weighted by Gasteiger charge is -2.25. The number of carbonyl (C=O) groups excluding carboxylic acids is 2. The summed E-state index contributed by atoms with van der Waals surface area (Å²) in [6.45, 7) is 7.35. The van der Waals surface area contributed by atoms with Crippen LogP contribution in [0, 0.1) is 17.2 Å². The highest BCUT2D eigenvalue weighted by Gasteiger charge is 2.38. The SMILES string of the molecule is C[C@@H]1CCC[C@H](NC(=O)OC(C)(C)C)c2cncc(c2)-c2ccc(C#N)cc2NC1=O.O=C(O)C(F)(F)F. The van der Waals surface area contributed by atoms with Crippen LogP contribution in [0.3, 0.4) is 0 Å². The number of benzene rings is 1. The molecular formula is C26H29F3N4O5. The van der Waals surface area contributed by atoms with Gasteiger partial charge in [0.15, 0.2) is 0 Å². The zero-order valence-corrected chi connectivity index (χ0v) is 21.3. The second-order valence-corrected chi connectivity index (χ2v) is 9.70. The highest BCUT2D eigenvalue weighted by molar-refractivity contribution is 5.97. The van der Waals surface area contributed by atoms with Crippen molar-refractivity contribution in [3.05, 3.63) is 47.8 Å². The van der Waals surface area contributed by atoms with Gasteiger partial charge in [-0.1, -0.05) is 19.4 Å². The number of hydrogen-bond donors (Lipinski definition) is 3. The summed E-state index contributed by atoms with van der Waals surface area (Å²) in [5.74, 6) is -3.07. The van der Waals surface area contributed by atoms with Crippen molar-refractivity contribution in [3.8, 4) is 17.2 Å². The van der Waals surface area contributed by atoms with E-state index in [1.807, 2.05) is 39.8 Å². The van der Waals surface area contributed by atoms with Crippen molar-refractivity contribution in [3.63, 3.8) is 0 Å². The van der Waals surface area contributed by atoms with Crippen LogP contribution in [-0.2, 0) is 14.3 Å². The number of aromatic nitrogens is 1. The van der Waals surface area contributed by atoms with E-state index in [2.05, 4.69) is 21.7 Å². The van der Waals surface area contributed by atoms with Gasteiger partial charge >= 0.3 is 18.2 Å². The predicted molar refractivity (Wildman–Crippen MR) is 132 cm³/mol. The Kier molecular flexibility index (Phi) is 9.82. The molecule has 0 saturated carbocycles. The number of rotatable bonds is 1. The lowest BCUT2D eigenvalue weighted by molar-refractivity contribution is -0.192. The summed E-state index contributed by atoms with van der Waals surface area (Å²) in [6, 6.07) is 8.97. The van der Waals surface area contributed by atoms with E-state index in [0.717, 1.165) is 23.1 Å². The number of carbonyl (C=O) groups is 3. The highest BCUT2D eigenvalue weighted by Crippen LogP contribution is 2.33. The molecule has 2 bridgehead atoms. The number of alkyl halides is 3. The minimum absolute atomic E-state index is 0.0994. The fourth-order valence-electron chi connectivity index (χ4n) is 3.55. The van der Waals surface area contributed by atoms with E-state index in [0.29, 0.717) is 24.1 Å². The van der Waals surface area contributed by atoms with Gasteiger partial charge in [0.1, 0.15) is 5.60 Å². The maximum atomic E-state index is 12.7. The third-order valence-corrected chi connectivity index (χ3v) is 5.39. The van der Waals surface area contributed by atoms with Crippen LogP contribution in [0.2, 0.25) is 0 Å². The van der Waals surface area contributed by atoms with Crippen LogP contribution < -0.4 is 10.6 Å². The number of amides is 2. The van der Waals surface area contributed by atoms with Crippen molar-refractivity contribution < 1.29 is 37.4 Å². The summed E-state index contributed by atoms with van der Waals surface area (Å²) in [4.78, 5) is 38.4. The van der Waals surface area contributed by atoms with Gasteiger partial charge in [-0.15, -0.1) is 0 Å². The van der Waals surface area contributed by atoms with E-state index >= 15 is 0 Å². The third kappa shape index (κ3) is 9.06. The smallest absolute Gasteiger partial charge is 0.475 e. The highest BCUT2D eigenvalue weighted by atomic mass is 19.4. The Bertz CT molecular complexity index is 1220. The first kappa shape index (κ1) is 30.1. The van der Waals surface area contributed by atoms with Gasteiger partial charge < -0.3 is 20.5 Å². The molecule has 3 N–H and O–H groups in total. The molecule has 0 spiro atoms. The molecular weight excluding hydrogens is 505 g/mol. The van der Waals surface area contributed by atoms with Gasteiger partial charge in [0.25, 0.3) is 0 Å². The fraction of sp³-hybridized carbons (Fsp3) is 0.423. The van der Waals surface area contributed by atoms with E-state index in [1.54, 1.807) is 24.5 Å². The number of halogens is 3. The van der Waals surface area contributed by atoms with Crippen LogP contribution in [0.4, 0.5) is 23.7 Å². The van der Waals surface area contributed by atoms with Crippen LogP contribution in [0.15, 0.2) is 36.7 Å². The summed E-state index contributed by atoms with van der Waals surface area (Å²) in [5, 5.41) is 22.3. The first-order valence-electron chi connectivity index (χ1n) is 11.7. The molecule has 12 heteroatoms. The Morgan fingerprint density at radius 2 is 1.84 bits per heavy atom. The van der Waals surface area contributed by atoms with Crippen LogP contribution in [0.1, 0.15) is 64.1 Å². The first-order valence-corrected chi connectivity index (χ1v) is 11.7. The Morgan fingerprint density at radius 1 is 1.18 bits per heavy atom. The molecule has 3 rings (SSSR count). The Labute approximate surface area is 218 Å². The summed E-state index contributed by atoms with van der Waals surface area (Å²) in [7, 11) is 0. The molecule has 2 aromatic rings. The molecule has 0 unspecified atom stereocenters. The van der Waals surface area contributed by atoms with Crippen molar-refractivity contribution in [1.29, 1.82) is 5.26 Å². The monoisotopic (exact) mass is 534 g/mol. The fourth-order valence-corrected chi connectivity index (χ4v) is 3.55. The molecule has 0 fully saturated rings. The van der Waals surface area contributed by atoms with Crippen molar-refractivity contribution in [2.24, 2.45) is 5.92 Å². The molecule has 0 saturated heterocycles. The van der Waals surface area contributed by atoms with E-state index in [9.17, 15) is 28.0 Å². The maximum Gasteiger partial charge on any atom is 0.490 e. The number of nitriles is 1. The van der Waals surface area contributed by atoms with Gasteiger partial charge in [-0.25, -0.2) is 9.59 Å². The van der Waals surface area contributed by atoms with Gasteiger partial charge in [-0.2, -0.15) is 18.4 Å². The molecule has 9 nitrogen and oxygen atoms in total. The summed E-state index contributed by atoms with van der Waals surface area (Å²) in [5.41, 5.74) is 2.86. The van der Waals surface area contributed by atoms with Gasteiger partial charge in [0.05, 0.1) is 17.7 Å². The van der Waals surface area contributed by atoms with Crippen LogP contribution >= 0.6 is 0 Å². The number of carboxylic acid groups (broad SMARTS) is 1. The predicted octanol–water partition coefficient (Wildman–Crippen LogP) is 5.58. The van der Waals surface area contributed by atoms with E-state index < -0.39 is 23.8 Å². The number of alkyl carbamates (subject to hydrolysis) is 1. The average molecular weight is 535 g/mol. The summed E-state index contributed by atoms with van der Waals surface area (Å²) in [6.07, 6.45) is -0.0614. The standard InChI is InChI=1S/C24H28N4O3.C2HF3O2/c1-15-6-5-7-20(28-23(30)31-24(2,3)4)18-11-17(13-26-14-18)19-9-8-16(12-25)10-21(19)27-22(15)29;3-2(4,5)1(6)7/h8-11,13-15,20H,5-7H2,1-4H3,(H,27,29)(H,28,30);(H,6,7)/t15-,20+;/m1./s1. The quantitative estimate of drug-likeness (QED) is 0.434. The van der Waals surface area contributed by atoms with Gasteiger partial charge in [0, 0.05) is 35.1 Å². The molecule has 2 heterocycles. The topological polar surface area (TPSA) is 141 Å². The van der Waals surface area contributed by atoms with Gasteiger partial charge in [-0.3, -0.25) is 9.78 Å². The van der Waals surface area contributed by atoms with Crippen LogP contribution in [0.5, 0.6) is 0 Å². The maximum absolute atomic E-state index is 12.7. The van der Waals surface area contributed by atoms with Crippen molar-refractivity contribution in [2.75, 3.05) is 5.32 Å². The number of fused-ring (bicyclic) bond motifs is 4. The molecule has 0 aliphatic carbocycles. The molecule has 2 atom stereocenters. The van der Waals surface area contributed by atoms with Gasteiger partial charge in [0.2, 0.25) is 5.91 Å². The normalized spacial score (nSPS) is 17.6. The molecule has 1 aliphatic heterocycles. The number of nitrogens with zero attached hydrogens (tertiary/aromatic N) is 2. The van der Waals surface area contributed by atoms with Crippen molar-refractivity contribution in [1.82, 2.24) is 10.3 Å². The van der Waals surface area contributed by atoms with Crippen LogP contribution in [0.25, 0.3) is 11.1 Å². The molecule has 1 aliphatic rings. The minimum Gasteiger partial charge on any atom is -0.475 e. The molecule has 0 radical (unpaired) electrons. The molecule has 2 amide bonds. The van der Waals surface area contributed by atoms with Crippen molar-refractivity contribution in [2.45, 2.75) is 64.8 Å². The first-order chi connectivity index (χ1) is 17.6. The van der Waals surface area contributed by atoms with E-state index in [1.165, 1.54) is 0 Å². The van der Waals surface area contributed by atoms with Crippen molar-refractivity contribution >= 4 is 23.7 Å². The zero-order valence-electron chi connectivity index (χ0n) is 21.3. The molecule has 204 valence electrons. The molecule has 1 aromatic carbocycles. The van der Waals surface area contributed by atoms with E-state index in [4.69, 9.17) is 14.6 Å². The zero-order chi connectivity index (χ0) is 28.7. The Balaban J connectivity index is 0.000000638. The average Bonchev–Trinajstić information content (AvgIpc) is 2.81.